The van der Waals surface area contributed by atoms with Gasteiger partial charge in [0.2, 0.25) is 0 Å². The molecule has 0 bridgehead atoms. The number of carbonyl (C=O) groups excluding carboxylic acids is 2. The molecule has 0 aliphatic rings. The number of esters is 2. The highest BCUT2D eigenvalue weighted by molar-refractivity contribution is 5.69. The fourth-order valence-corrected chi connectivity index (χ4v) is 3.64. The monoisotopic (exact) mass is 440 g/mol. The molecule has 0 aromatic heterocycles. The maximum Gasteiger partial charge on any atom is 0.305 e. The molecule has 184 valence electrons. The maximum absolute atomic E-state index is 11.9. The van der Waals surface area contributed by atoms with Gasteiger partial charge in [-0.05, 0) is 49.4 Å². The first-order valence-electron chi connectivity index (χ1n) is 13.0. The molecule has 0 amide bonds. The van der Waals surface area contributed by atoms with Gasteiger partial charge in [-0.3, -0.25) is 9.59 Å². The molecule has 0 heterocycles. The van der Waals surface area contributed by atoms with E-state index in [2.05, 4.69) is 41.5 Å². The predicted molar refractivity (Wildman–Crippen MR) is 130 cm³/mol. The molecule has 0 saturated carbocycles. The molecule has 0 N–H and O–H groups in total. The Balaban J connectivity index is 3.66. The van der Waals surface area contributed by atoms with Crippen LogP contribution in [-0.4, -0.2) is 25.2 Å². The Kier molecular flexibility index (Phi) is 18.9. The number of ether oxygens (including phenoxy) is 2. The fraction of sp³-hybridized carbons (Fsp3) is 0.926. The minimum atomic E-state index is -0.0378. The first-order valence-corrected chi connectivity index (χ1v) is 13.0. The van der Waals surface area contributed by atoms with Crippen molar-refractivity contribution in [1.29, 1.82) is 0 Å². The summed E-state index contributed by atoms with van der Waals surface area (Å²) in [6.45, 7) is 14.2. The van der Waals surface area contributed by atoms with Gasteiger partial charge in [0.1, 0.15) is 0 Å². The second-order valence-electron chi connectivity index (χ2n) is 10.4. The summed E-state index contributed by atoms with van der Waals surface area (Å²) in [6.07, 6.45) is 13.5. The van der Waals surface area contributed by atoms with Crippen molar-refractivity contribution in [2.24, 2.45) is 23.7 Å². The smallest absolute Gasteiger partial charge is 0.305 e. The molecule has 0 aromatic carbocycles. The predicted octanol–water partition coefficient (Wildman–Crippen LogP) is 7.73. The lowest BCUT2D eigenvalue weighted by molar-refractivity contribution is -0.145. The Labute approximate surface area is 193 Å². The highest BCUT2D eigenvalue weighted by Crippen LogP contribution is 2.24. The SMILES string of the molecule is CC(C)CCOC(=O)CCCCCCCCCC(CCC(=O)OCCC(C)C)C(C)C. The summed E-state index contributed by atoms with van der Waals surface area (Å²) in [5.74, 6) is 2.31. The summed E-state index contributed by atoms with van der Waals surface area (Å²) in [6, 6.07) is 0. The number of carbonyl (C=O) groups is 2. The van der Waals surface area contributed by atoms with Crippen LogP contribution in [0.25, 0.3) is 0 Å². The van der Waals surface area contributed by atoms with Gasteiger partial charge in [-0.25, -0.2) is 0 Å². The van der Waals surface area contributed by atoms with Gasteiger partial charge in [-0.15, -0.1) is 0 Å². The Morgan fingerprint density at radius 1 is 0.548 bits per heavy atom. The molecule has 0 aromatic rings. The van der Waals surface area contributed by atoms with Crippen molar-refractivity contribution in [2.75, 3.05) is 13.2 Å². The Bertz CT molecular complexity index is 443. The van der Waals surface area contributed by atoms with Crippen LogP contribution in [0.5, 0.6) is 0 Å². The molecule has 4 heteroatoms. The average Bonchev–Trinajstić information content (AvgIpc) is 2.67. The van der Waals surface area contributed by atoms with E-state index in [4.69, 9.17) is 9.47 Å². The summed E-state index contributed by atoms with van der Waals surface area (Å²) >= 11 is 0. The number of hydrogen-bond acceptors (Lipinski definition) is 4. The van der Waals surface area contributed by atoms with Crippen LogP contribution in [0.15, 0.2) is 0 Å². The third kappa shape index (κ3) is 20.6. The molecule has 31 heavy (non-hydrogen) atoms. The zero-order chi connectivity index (χ0) is 23.5. The lowest BCUT2D eigenvalue weighted by Crippen LogP contribution is -2.13. The van der Waals surface area contributed by atoms with Crippen molar-refractivity contribution in [1.82, 2.24) is 0 Å². The van der Waals surface area contributed by atoms with E-state index >= 15 is 0 Å². The van der Waals surface area contributed by atoms with Crippen molar-refractivity contribution in [3.63, 3.8) is 0 Å². The standard InChI is InChI=1S/C27H52O4/c1-22(2)18-20-30-26(28)15-13-11-9-7-8-10-12-14-25(24(5)6)16-17-27(29)31-21-19-23(3)4/h22-25H,7-21H2,1-6H3. The molecule has 0 aliphatic heterocycles. The van der Waals surface area contributed by atoms with Crippen LogP contribution < -0.4 is 0 Å². The van der Waals surface area contributed by atoms with Crippen molar-refractivity contribution in [3.05, 3.63) is 0 Å². The van der Waals surface area contributed by atoms with Gasteiger partial charge in [-0.1, -0.05) is 86.5 Å². The topological polar surface area (TPSA) is 52.6 Å². The molecular formula is C27H52O4. The van der Waals surface area contributed by atoms with E-state index < -0.39 is 0 Å². The van der Waals surface area contributed by atoms with Crippen LogP contribution in [0, 0.1) is 23.7 Å². The van der Waals surface area contributed by atoms with Crippen molar-refractivity contribution >= 4 is 11.9 Å². The van der Waals surface area contributed by atoms with Gasteiger partial charge < -0.3 is 9.47 Å². The quantitative estimate of drug-likeness (QED) is 0.143. The van der Waals surface area contributed by atoms with E-state index in [1.54, 1.807) is 0 Å². The van der Waals surface area contributed by atoms with E-state index in [1.165, 1.54) is 38.5 Å². The van der Waals surface area contributed by atoms with Gasteiger partial charge in [0, 0.05) is 12.8 Å². The van der Waals surface area contributed by atoms with Crippen LogP contribution in [0.1, 0.15) is 125 Å². The van der Waals surface area contributed by atoms with Gasteiger partial charge >= 0.3 is 11.9 Å². The van der Waals surface area contributed by atoms with Gasteiger partial charge in [0.15, 0.2) is 0 Å². The van der Waals surface area contributed by atoms with Crippen LogP contribution in [0.4, 0.5) is 0 Å². The lowest BCUT2D eigenvalue weighted by atomic mass is 9.86. The largest absolute Gasteiger partial charge is 0.466 e. The highest BCUT2D eigenvalue weighted by Gasteiger charge is 2.15. The molecule has 0 spiro atoms. The van der Waals surface area contributed by atoms with Crippen LogP contribution >= 0.6 is 0 Å². The van der Waals surface area contributed by atoms with Crippen molar-refractivity contribution in [3.8, 4) is 0 Å². The third-order valence-corrected chi connectivity index (χ3v) is 6.03. The number of hydrogen-bond donors (Lipinski definition) is 0. The highest BCUT2D eigenvalue weighted by atomic mass is 16.5. The summed E-state index contributed by atoms with van der Waals surface area (Å²) in [5.41, 5.74) is 0. The minimum Gasteiger partial charge on any atom is -0.466 e. The maximum atomic E-state index is 11.9. The first kappa shape index (κ1) is 29.9. The molecule has 4 nitrogen and oxygen atoms in total. The minimum absolute atomic E-state index is 0.0323. The Morgan fingerprint density at radius 3 is 1.48 bits per heavy atom. The van der Waals surface area contributed by atoms with E-state index in [1.807, 2.05) is 0 Å². The van der Waals surface area contributed by atoms with Gasteiger partial charge in [0.25, 0.3) is 0 Å². The zero-order valence-corrected chi connectivity index (χ0v) is 21.5. The normalized spacial score (nSPS) is 12.5. The van der Waals surface area contributed by atoms with E-state index in [0.29, 0.717) is 49.7 Å². The van der Waals surface area contributed by atoms with Crippen LogP contribution in [-0.2, 0) is 19.1 Å². The molecular weight excluding hydrogens is 388 g/mol. The number of unbranched alkanes of at least 4 members (excludes halogenated alkanes) is 6. The number of rotatable bonds is 20. The summed E-state index contributed by atoms with van der Waals surface area (Å²) in [4.78, 5) is 23.6. The molecule has 0 saturated heterocycles. The second-order valence-corrected chi connectivity index (χ2v) is 10.4. The molecule has 0 fully saturated rings. The van der Waals surface area contributed by atoms with Gasteiger partial charge in [0.05, 0.1) is 13.2 Å². The zero-order valence-electron chi connectivity index (χ0n) is 21.5. The molecule has 1 unspecified atom stereocenters. The molecule has 0 rings (SSSR count). The molecule has 1 atom stereocenters. The molecule has 0 radical (unpaired) electrons. The van der Waals surface area contributed by atoms with Crippen LogP contribution in [0.3, 0.4) is 0 Å². The summed E-state index contributed by atoms with van der Waals surface area (Å²) in [5, 5.41) is 0. The lowest BCUT2D eigenvalue weighted by Gasteiger charge is -2.20. The van der Waals surface area contributed by atoms with Gasteiger partial charge in [-0.2, -0.15) is 0 Å². The summed E-state index contributed by atoms with van der Waals surface area (Å²) in [7, 11) is 0. The first-order chi connectivity index (χ1) is 14.7. The molecule has 0 aliphatic carbocycles. The fourth-order valence-electron chi connectivity index (χ4n) is 3.64. The second kappa shape index (κ2) is 19.6. The van der Waals surface area contributed by atoms with E-state index in [0.717, 1.165) is 32.1 Å². The van der Waals surface area contributed by atoms with E-state index in [9.17, 15) is 9.59 Å². The summed E-state index contributed by atoms with van der Waals surface area (Å²) < 4.78 is 10.6. The van der Waals surface area contributed by atoms with E-state index in [-0.39, 0.29) is 11.9 Å². The average molecular weight is 441 g/mol. The third-order valence-electron chi connectivity index (χ3n) is 6.03. The van der Waals surface area contributed by atoms with Crippen molar-refractivity contribution in [2.45, 2.75) is 125 Å². The Morgan fingerprint density at radius 2 is 1.00 bits per heavy atom. The Hall–Kier alpha value is -1.06. The van der Waals surface area contributed by atoms with Crippen LogP contribution in [0.2, 0.25) is 0 Å². The van der Waals surface area contributed by atoms with Crippen molar-refractivity contribution < 1.29 is 19.1 Å².